The molecule has 30 heavy (non-hydrogen) atoms. The molecule has 0 saturated carbocycles. The van der Waals surface area contributed by atoms with Crippen LogP contribution in [0.4, 0.5) is 0 Å². The number of sulfone groups is 1. The van der Waals surface area contributed by atoms with Crippen LogP contribution in [0.15, 0.2) is 60.8 Å². The van der Waals surface area contributed by atoms with Crippen molar-refractivity contribution in [3.63, 3.8) is 0 Å². The fraction of sp³-hybridized carbons (Fsp3) is 0.217. The molecule has 7 heteroatoms. The van der Waals surface area contributed by atoms with Crippen LogP contribution in [0.5, 0.6) is 11.6 Å². The molecule has 4 rings (SSSR count). The molecule has 0 aliphatic heterocycles. The summed E-state index contributed by atoms with van der Waals surface area (Å²) in [5, 5.41) is 1.08. The highest BCUT2D eigenvalue weighted by Crippen LogP contribution is 2.25. The second kappa shape index (κ2) is 8.28. The normalized spacial score (nSPS) is 11.7. The third-order valence-corrected chi connectivity index (χ3v) is 6.46. The Morgan fingerprint density at radius 2 is 1.87 bits per heavy atom. The van der Waals surface area contributed by atoms with Crippen molar-refractivity contribution in [2.24, 2.45) is 0 Å². The van der Waals surface area contributed by atoms with Crippen molar-refractivity contribution in [2.75, 3.05) is 5.75 Å². The van der Waals surface area contributed by atoms with Gasteiger partial charge in [0.25, 0.3) is 0 Å². The largest absolute Gasteiger partial charge is 0.439 e. The van der Waals surface area contributed by atoms with Crippen molar-refractivity contribution in [3.8, 4) is 11.6 Å². The number of aromatic amines is 1. The Bertz CT molecular complexity index is 1300. The average molecular weight is 422 g/mol. The van der Waals surface area contributed by atoms with Crippen molar-refractivity contribution in [1.29, 1.82) is 0 Å². The fourth-order valence-electron chi connectivity index (χ4n) is 3.33. The fourth-order valence-corrected chi connectivity index (χ4v) is 4.22. The maximum atomic E-state index is 11.9. The first-order chi connectivity index (χ1) is 14.4. The van der Waals surface area contributed by atoms with E-state index in [1.54, 1.807) is 19.2 Å². The highest BCUT2D eigenvalue weighted by atomic mass is 32.2. The second-order valence-electron chi connectivity index (χ2n) is 7.29. The molecular weight excluding hydrogens is 398 g/mol. The van der Waals surface area contributed by atoms with E-state index in [-0.39, 0.29) is 11.5 Å². The number of aryl methyl sites for hydroxylation is 1. The van der Waals surface area contributed by atoms with Crippen molar-refractivity contribution in [1.82, 2.24) is 15.0 Å². The molecule has 0 spiro atoms. The van der Waals surface area contributed by atoms with Crippen LogP contribution in [0.2, 0.25) is 0 Å². The number of aromatic nitrogens is 3. The van der Waals surface area contributed by atoms with Crippen LogP contribution in [0.3, 0.4) is 0 Å². The molecular formula is C23H23N3O3S. The molecule has 0 aliphatic carbocycles. The van der Waals surface area contributed by atoms with Gasteiger partial charge >= 0.3 is 0 Å². The maximum absolute atomic E-state index is 11.9. The van der Waals surface area contributed by atoms with E-state index >= 15 is 0 Å². The third kappa shape index (κ3) is 4.86. The summed E-state index contributed by atoms with van der Waals surface area (Å²) in [5.41, 5.74) is 3.89. The minimum absolute atomic E-state index is 0.0441. The van der Waals surface area contributed by atoms with Gasteiger partial charge in [-0.3, -0.25) is 0 Å². The molecule has 2 aromatic carbocycles. The van der Waals surface area contributed by atoms with E-state index in [0.29, 0.717) is 23.9 Å². The third-order valence-electron chi connectivity index (χ3n) is 4.81. The Morgan fingerprint density at radius 3 is 2.70 bits per heavy atom. The van der Waals surface area contributed by atoms with Gasteiger partial charge in [-0.25, -0.2) is 13.4 Å². The van der Waals surface area contributed by atoms with E-state index in [4.69, 9.17) is 4.74 Å². The van der Waals surface area contributed by atoms with Crippen molar-refractivity contribution >= 4 is 20.7 Å². The summed E-state index contributed by atoms with van der Waals surface area (Å²) in [7, 11) is -3.07. The highest BCUT2D eigenvalue weighted by molar-refractivity contribution is 7.90. The molecule has 0 aliphatic rings. The second-order valence-corrected chi connectivity index (χ2v) is 9.64. The minimum Gasteiger partial charge on any atom is -0.439 e. The van der Waals surface area contributed by atoms with E-state index in [2.05, 4.69) is 21.0 Å². The average Bonchev–Trinajstić information content (AvgIpc) is 3.07. The van der Waals surface area contributed by atoms with Gasteiger partial charge in [0.1, 0.15) is 11.6 Å². The predicted molar refractivity (Wildman–Crippen MR) is 118 cm³/mol. The molecule has 0 bridgehead atoms. The van der Waals surface area contributed by atoms with Crippen LogP contribution in [0.25, 0.3) is 10.9 Å². The molecule has 1 N–H and O–H groups in total. The summed E-state index contributed by atoms with van der Waals surface area (Å²) >= 11 is 0. The maximum Gasteiger partial charge on any atom is 0.222 e. The minimum atomic E-state index is -3.07. The molecule has 0 atom stereocenters. The van der Waals surface area contributed by atoms with Gasteiger partial charge < -0.3 is 9.72 Å². The molecule has 0 amide bonds. The van der Waals surface area contributed by atoms with E-state index in [0.717, 1.165) is 27.7 Å². The number of nitrogens with one attached hydrogen (secondary N) is 1. The first-order valence-corrected chi connectivity index (χ1v) is 11.6. The highest BCUT2D eigenvalue weighted by Gasteiger charge is 2.10. The smallest absolute Gasteiger partial charge is 0.222 e. The summed E-state index contributed by atoms with van der Waals surface area (Å²) in [6.45, 7) is 3.68. The zero-order valence-corrected chi connectivity index (χ0v) is 17.7. The lowest BCUT2D eigenvalue weighted by Crippen LogP contribution is -2.07. The number of hydrogen-bond acceptors (Lipinski definition) is 5. The molecule has 2 aromatic heterocycles. The Labute approximate surface area is 175 Å². The van der Waals surface area contributed by atoms with Gasteiger partial charge in [0.2, 0.25) is 5.88 Å². The van der Waals surface area contributed by atoms with Crippen molar-refractivity contribution in [3.05, 3.63) is 83.4 Å². The van der Waals surface area contributed by atoms with E-state index in [1.165, 1.54) is 0 Å². The predicted octanol–water partition coefficient (Wildman–Crippen LogP) is 4.58. The Kier molecular flexibility index (Phi) is 5.55. The quantitative estimate of drug-likeness (QED) is 0.472. The van der Waals surface area contributed by atoms with Crippen LogP contribution in [-0.4, -0.2) is 29.1 Å². The van der Waals surface area contributed by atoms with Crippen LogP contribution in [-0.2, 0) is 22.0 Å². The monoisotopic (exact) mass is 421 g/mol. The molecule has 0 unspecified atom stereocenters. The lowest BCUT2D eigenvalue weighted by molar-refractivity contribution is 0.459. The van der Waals surface area contributed by atoms with Gasteiger partial charge in [0.15, 0.2) is 9.84 Å². The topological polar surface area (TPSA) is 84.9 Å². The Balaban J connectivity index is 1.50. The van der Waals surface area contributed by atoms with Crippen molar-refractivity contribution < 1.29 is 13.2 Å². The summed E-state index contributed by atoms with van der Waals surface area (Å²) in [4.78, 5) is 12.1. The number of fused-ring (bicyclic) bond motifs is 1. The molecule has 0 fully saturated rings. The SMILES string of the molecule is CCS(=O)(=O)Cc1cccc(Cc2nccc(Oc3ccc4[nH]c(C)cc4c3)n2)c1. The van der Waals surface area contributed by atoms with Crippen LogP contribution < -0.4 is 4.74 Å². The van der Waals surface area contributed by atoms with Gasteiger partial charge in [0.05, 0.1) is 5.75 Å². The Hall–Kier alpha value is -3.19. The van der Waals surface area contributed by atoms with E-state index < -0.39 is 9.84 Å². The van der Waals surface area contributed by atoms with Crippen LogP contribution >= 0.6 is 0 Å². The number of benzene rings is 2. The van der Waals surface area contributed by atoms with E-state index in [1.807, 2.05) is 49.4 Å². The molecule has 0 saturated heterocycles. The van der Waals surface area contributed by atoms with Crippen LogP contribution in [0, 0.1) is 6.92 Å². The van der Waals surface area contributed by atoms with Gasteiger partial charge in [-0.05, 0) is 42.3 Å². The summed E-state index contributed by atoms with van der Waals surface area (Å²) in [6, 6.07) is 17.2. The van der Waals surface area contributed by atoms with Gasteiger partial charge in [0, 0.05) is 41.0 Å². The van der Waals surface area contributed by atoms with Gasteiger partial charge in [-0.2, -0.15) is 4.98 Å². The number of ether oxygens (including phenoxy) is 1. The molecule has 154 valence electrons. The first kappa shape index (κ1) is 20.1. The van der Waals surface area contributed by atoms with Crippen molar-refractivity contribution in [2.45, 2.75) is 26.0 Å². The summed E-state index contributed by atoms with van der Waals surface area (Å²) < 4.78 is 29.7. The van der Waals surface area contributed by atoms with Crippen LogP contribution in [0.1, 0.15) is 29.6 Å². The zero-order chi connectivity index (χ0) is 21.1. The molecule has 2 heterocycles. The number of H-pyrrole nitrogens is 1. The summed E-state index contributed by atoms with van der Waals surface area (Å²) in [5.74, 6) is 1.96. The number of rotatable bonds is 7. The molecule has 4 aromatic rings. The zero-order valence-electron chi connectivity index (χ0n) is 16.9. The standard InChI is InChI=1S/C23H23N3O3S/c1-3-30(27,28)15-18-6-4-5-17(12-18)13-22-24-10-9-23(26-22)29-20-7-8-21-19(14-20)11-16(2)25-21/h4-12,14,25H,3,13,15H2,1-2H3. The Morgan fingerprint density at radius 1 is 1.03 bits per heavy atom. The summed E-state index contributed by atoms with van der Waals surface area (Å²) in [6.07, 6.45) is 2.16. The van der Waals surface area contributed by atoms with Gasteiger partial charge in [-0.15, -0.1) is 0 Å². The number of hydrogen-bond donors (Lipinski definition) is 1. The van der Waals surface area contributed by atoms with E-state index in [9.17, 15) is 8.42 Å². The molecule has 6 nitrogen and oxygen atoms in total. The van der Waals surface area contributed by atoms with Gasteiger partial charge in [-0.1, -0.05) is 31.2 Å². The number of nitrogens with zero attached hydrogens (tertiary/aromatic N) is 2. The molecule has 0 radical (unpaired) electrons. The lowest BCUT2D eigenvalue weighted by atomic mass is 10.1. The first-order valence-electron chi connectivity index (χ1n) is 9.77. The lowest BCUT2D eigenvalue weighted by Gasteiger charge is -2.08.